The van der Waals surface area contributed by atoms with Gasteiger partial charge in [0.25, 0.3) is 0 Å². The molecule has 5 heteroatoms. The largest absolute Gasteiger partial charge is 0.483 e. The maximum Gasteiger partial charge on any atom is 0.148 e. The Balaban J connectivity index is 2.23. The number of rotatable bonds is 4. The van der Waals surface area contributed by atoms with Crippen LogP contribution >= 0.6 is 38.9 Å². The standard InChI is InChI=1S/C14H15BrClNOS/c1-8-7-10(3-4-11(8)15)18-14(9(2)17)12-5-6-13(16)19-12/h3-7,9,14H,17H2,1-2H3. The van der Waals surface area contributed by atoms with Gasteiger partial charge in [-0.1, -0.05) is 27.5 Å². The van der Waals surface area contributed by atoms with Crippen LogP contribution in [0.4, 0.5) is 0 Å². The minimum Gasteiger partial charge on any atom is -0.483 e. The summed E-state index contributed by atoms with van der Waals surface area (Å²) in [6, 6.07) is 9.62. The summed E-state index contributed by atoms with van der Waals surface area (Å²) in [7, 11) is 0. The molecule has 0 saturated heterocycles. The lowest BCUT2D eigenvalue weighted by Gasteiger charge is -2.21. The zero-order valence-electron chi connectivity index (χ0n) is 10.7. The lowest BCUT2D eigenvalue weighted by atomic mass is 10.1. The van der Waals surface area contributed by atoms with Gasteiger partial charge in [-0.25, -0.2) is 0 Å². The maximum atomic E-state index is 6.02. The van der Waals surface area contributed by atoms with Crippen LogP contribution in [0.25, 0.3) is 0 Å². The Morgan fingerprint density at radius 1 is 1.32 bits per heavy atom. The average molecular weight is 361 g/mol. The molecule has 0 radical (unpaired) electrons. The van der Waals surface area contributed by atoms with Gasteiger partial charge < -0.3 is 10.5 Å². The van der Waals surface area contributed by atoms with Crippen molar-refractivity contribution >= 4 is 38.9 Å². The van der Waals surface area contributed by atoms with Gasteiger partial charge in [-0.3, -0.25) is 0 Å². The molecular weight excluding hydrogens is 346 g/mol. The van der Waals surface area contributed by atoms with Crippen LogP contribution in [0.1, 0.15) is 23.5 Å². The fourth-order valence-electron chi connectivity index (χ4n) is 1.74. The summed E-state index contributed by atoms with van der Waals surface area (Å²) in [4.78, 5) is 1.04. The Morgan fingerprint density at radius 2 is 2.05 bits per heavy atom. The maximum absolute atomic E-state index is 6.02. The molecule has 0 bridgehead atoms. The highest BCUT2D eigenvalue weighted by Crippen LogP contribution is 2.32. The molecule has 0 aliphatic heterocycles. The van der Waals surface area contributed by atoms with Gasteiger partial charge in [0.1, 0.15) is 11.9 Å². The molecule has 2 rings (SSSR count). The number of aryl methyl sites for hydroxylation is 1. The molecule has 1 aromatic heterocycles. The van der Waals surface area contributed by atoms with Gasteiger partial charge in [0.2, 0.25) is 0 Å². The molecule has 0 saturated carbocycles. The third-order valence-corrected chi connectivity index (χ3v) is 4.93. The molecule has 1 aromatic carbocycles. The molecule has 2 unspecified atom stereocenters. The minimum absolute atomic E-state index is 0.112. The number of ether oxygens (including phenoxy) is 1. The van der Waals surface area contributed by atoms with Crippen molar-refractivity contribution in [1.82, 2.24) is 0 Å². The van der Waals surface area contributed by atoms with Crippen molar-refractivity contribution in [3.05, 3.63) is 49.6 Å². The van der Waals surface area contributed by atoms with E-state index >= 15 is 0 Å². The van der Waals surface area contributed by atoms with Gasteiger partial charge in [0.05, 0.1) is 4.34 Å². The number of hydrogen-bond donors (Lipinski definition) is 1. The van der Waals surface area contributed by atoms with E-state index in [9.17, 15) is 0 Å². The first-order valence-electron chi connectivity index (χ1n) is 5.91. The van der Waals surface area contributed by atoms with Crippen molar-refractivity contribution in [3.63, 3.8) is 0 Å². The van der Waals surface area contributed by atoms with E-state index in [1.165, 1.54) is 11.3 Å². The third kappa shape index (κ3) is 3.72. The molecular formula is C14H15BrClNOS. The van der Waals surface area contributed by atoms with E-state index in [-0.39, 0.29) is 12.1 Å². The third-order valence-electron chi connectivity index (χ3n) is 2.74. The molecule has 0 aliphatic rings. The first-order valence-corrected chi connectivity index (χ1v) is 7.89. The van der Waals surface area contributed by atoms with E-state index in [1.54, 1.807) is 0 Å². The van der Waals surface area contributed by atoms with Crippen molar-refractivity contribution in [3.8, 4) is 5.75 Å². The summed E-state index contributed by atoms with van der Waals surface area (Å²) in [5, 5.41) is 0. The lowest BCUT2D eigenvalue weighted by molar-refractivity contribution is 0.184. The minimum atomic E-state index is -0.182. The van der Waals surface area contributed by atoms with E-state index < -0.39 is 0 Å². The summed E-state index contributed by atoms with van der Waals surface area (Å²) >= 11 is 11.0. The van der Waals surface area contributed by atoms with Gasteiger partial charge in [-0.2, -0.15) is 0 Å². The second-order valence-corrected chi connectivity index (χ2v) is 7.05. The molecule has 2 nitrogen and oxygen atoms in total. The second-order valence-electron chi connectivity index (χ2n) is 4.45. The highest BCUT2D eigenvalue weighted by Gasteiger charge is 2.20. The fourth-order valence-corrected chi connectivity index (χ4v) is 3.20. The van der Waals surface area contributed by atoms with Gasteiger partial charge in [-0.15, -0.1) is 11.3 Å². The molecule has 2 aromatic rings. The number of hydrogen-bond acceptors (Lipinski definition) is 3. The van der Waals surface area contributed by atoms with Crippen molar-refractivity contribution < 1.29 is 4.74 Å². The first kappa shape index (κ1) is 14.9. The van der Waals surface area contributed by atoms with E-state index in [2.05, 4.69) is 15.9 Å². The zero-order valence-corrected chi connectivity index (χ0v) is 13.8. The Hall–Kier alpha value is -0.550. The van der Waals surface area contributed by atoms with Crippen molar-refractivity contribution in [2.45, 2.75) is 26.0 Å². The predicted octanol–water partition coefficient (Wildman–Crippen LogP) is 4.94. The smallest absolute Gasteiger partial charge is 0.148 e. The van der Waals surface area contributed by atoms with Crippen LogP contribution in [0.15, 0.2) is 34.8 Å². The van der Waals surface area contributed by atoms with E-state index in [0.29, 0.717) is 0 Å². The number of nitrogens with two attached hydrogens (primary N) is 1. The van der Waals surface area contributed by atoms with Crippen LogP contribution in [-0.4, -0.2) is 6.04 Å². The fraction of sp³-hybridized carbons (Fsp3) is 0.286. The Labute approximate surface area is 130 Å². The Morgan fingerprint density at radius 3 is 2.58 bits per heavy atom. The molecule has 0 aliphatic carbocycles. The van der Waals surface area contributed by atoms with Crippen molar-refractivity contribution in [2.24, 2.45) is 5.73 Å². The van der Waals surface area contributed by atoms with E-state index in [1.807, 2.05) is 44.2 Å². The molecule has 0 fully saturated rings. The molecule has 19 heavy (non-hydrogen) atoms. The lowest BCUT2D eigenvalue weighted by Crippen LogP contribution is -2.28. The molecule has 2 atom stereocenters. The first-order chi connectivity index (χ1) is 8.97. The van der Waals surface area contributed by atoms with Crippen molar-refractivity contribution in [1.29, 1.82) is 0 Å². The summed E-state index contributed by atoms with van der Waals surface area (Å²) in [6.07, 6.45) is -0.182. The van der Waals surface area contributed by atoms with Crippen LogP contribution in [0, 0.1) is 6.92 Å². The van der Waals surface area contributed by atoms with Gasteiger partial charge in [0.15, 0.2) is 0 Å². The molecule has 0 amide bonds. The van der Waals surface area contributed by atoms with E-state index in [0.717, 1.165) is 25.0 Å². The van der Waals surface area contributed by atoms with Crippen LogP contribution in [0.2, 0.25) is 4.34 Å². The van der Waals surface area contributed by atoms with E-state index in [4.69, 9.17) is 22.1 Å². The number of halogens is 2. The molecule has 0 spiro atoms. The van der Waals surface area contributed by atoms with Gasteiger partial charge >= 0.3 is 0 Å². The van der Waals surface area contributed by atoms with Crippen LogP contribution < -0.4 is 10.5 Å². The highest BCUT2D eigenvalue weighted by atomic mass is 79.9. The summed E-state index contributed by atoms with van der Waals surface area (Å²) in [5.41, 5.74) is 7.15. The normalized spacial score (nSPS) is 14.2. The molecule has 1 heterocycles. The average Bonchev–Trinajstić information content (AvgIpc) is 2.76. The topological polar surface area (TPSA) is 35.2 Å². The van der Waals surface area contributed by atoms with Crippen molar-refractivity contribution in [2.75, 3.05) is 0 Å². The summed E-state index contributed by atoms with van der Waals surface area (Å²) < 4.78 is 7.83. The van der Waals surface area contributed by atoms with Crippen LogP contribution in [0.3, 0.4) is 0 Å². The van der Waals surface area contributed by atoms with Crippen LogP contribution in [-0.2, 0) is 0 Å². The second kappa shape index (κ2) is 6.27. The van der Waals surface area contributed by atoms with Gasteiger partial charge in [-0.05, 0) is 49.7 Å². The Kier molecular flexibility index (Phi) is 4.90. The number of benzene rings is 1. The summed E-state index contributed by atoms with van der Waals surface area (Å²) in [6.45, 7) is 3.96. The molecule has 2 N–H and O–H groups in total. The van der Waals surface area contributed by atoms with Crippen LogP contribution in [0.5, 0.6) is 5.75 Å². The molecule has 102 valence electrons. The number of thiophene rings is 1. The predicted molar refractivity (Wildman–Crippen MR) is 85.2 cm³/mol. The highest BCUT2D eigenvalue weighted by molar-refractivity contribution is 9.10. The monoisotopic (exact) mass is 359 g/mol. The quantitative estimate of drug-likeness (QED) is 0.838. The Bertz CT molecular complexity index is 570. The SMILES string of the molecule is Cc1cc(OC(c2ccc(Cl)s2)C(C)N)ccc1Br. The summed E-state index contributed by atoms with van der Waals surface area (Å²) in [5.74, 6) is 0.813. The van der Waals surface area contributed by atoms with Gasteiger partial charge in [0, 0.05) is 15.4 Å². The zero-order chi connectivity index (χ0) is 14.0.